The van der Waals surface area contributed by atoms with Crippen LogP contribution in [0.1, 0.15) is 45.6 Å². The lowest BCUT2D eigenvalue weighted by Gasteiger charge is -2.35. The van der Waals surface area contributed by atoms with E-state index in [-0.39, 0.29) is 11.7 Å². The van der Waals surface area contributed by atoms with Gasteiger partial charge in [0.25, 0.3) is 0 Å². The maximum atomic E-state index is 12.7. The Labute approximate surface area is 149 Å². The number of rotatable bonds is 3. The summed E-state index contributed by atoms with van der Waals surface area (Å²) in [7, 11) is -1.39. The molecule has 0 fully saturated rings. The Hall–Kier alpha value is -1.07. The molecule has 1 aliphatic carbocycles. The number of allylic oxidation sites excluding steroid dienone is 2. The van der Waals surface area contributed by atoms with Crippen LogP contribution in [0.3, 0.4) is 0 Å². The third kappa shape index (κ3) is 4.07. The fourth-order valence-electron chi connectivity index (χ4n) is 2.52. The van der Waals surface area contributed by atoms with Gasteiger partial charge in [-0.2, -0.15) is 4.40 Å². The van der Waals surface area contributed by atoms with Crippen molar-refractivity contribution in [2.24, 2.45) is 4.40 Å². The molecule has 2 rings (SSSR count). The van der Waals surface area contributed by atoms with Gasteiger partial charge < -0.3 is 0 Å². The van der Waals surface area contributed by atoms with Gasteiger partial charge >= 0.3 is 0 Å². The minimum absolute atomic E-state index is 0.0511. The summed E-state index contributed by atoms with van der Waals surface area (Å²) in [6.45, 7) is 7.55. The number of nitrogens with zero attached hydrogens (tertiary/aromatic N) is 1. The minimum atomic E-state index is -1.39. The van der Waals surface area contributed by atoms with Crippen LogP contribution in [0.2, 0.25) is 0 Å². The Kier molecular flexibility index (Phi) is 5.41. The number of alkyl halides is 1. The van der Waals surface area contributed by atoms with E-state index in [1.54, 1.807) is 6.08 Å². The molecular weight excluding hydrogens is 374 g/mol. The van der Waals surface area contributed by atoms with E-state index in [4.69, 9.17) is 0 Å². The van der Waals surface area contributed by atoms with Crippen LogP contribution in [0.25, 0.3) is 0 Å². The van der Waals surface area contributed by atoms with E-state index in [9.17, 15) is 9.00 Å². The monoisotopic (exact) mass is 395 g/mol. The molecule has 124 valence electrons. The van der Waals surface area contributed by atoms with Gasteiger partial charge in [0.1, 0.15) is 15.3 Å². The van der Waals surface area contributed by atoms with Crippen LogP contribution in [0, 0.1) is 0 Å². The van der Waals surface area contributed by atoms with E-state index in [1.807, 2.05) is 58.0 Å². The molecular formula is C18H22BrNO2S. The van der Waals surface area contributed by atoms with Crippen LogP contribution in [0.15, 0.2) is 46.4 Å². The maximum Gasteiger partial charge on any atom is 0.178 e. The molecule has 1 aliphatic rings. The Bertz CT molecular complexity index is 676. The smallest absolute Gasteiger partial charge is 0.178 e. The average Bonchev–Trinajstić information content (AvgIpc) is 2.48. The minimum Gasteiger partial charge on any atom is -0.293 e. The lowest BCUT2D eigenvalue weighted by molar-refractivity contribution is -0.115. The molecule has 5 heteroatoms. The molecule has 0 heterocycles. The SMILES string of the molecule is CC1=CC(=O)[C@@](Br)(/C=N/S(=O)C(C)(C)C)[C@@H](c2ccccc2)C1. The number of carbonyl (C=O) groups excluding carboxylic acids is 1. The van der Waals surface area contributed by atoms with E-state index in [0.29, 0.717) is 0 Å². The maximum absolute atomic E-state index is 12.7. The third-order valence-electron chi connectivity index (χ3n) is 3.85. The fraction of sp³-hybridized carbons (Fsp3) is 0.444. The number of carbonyl (C=O) groups is 1. The molecule has 3 nitrogen and oxygen atoms in total. The molecule has 0 amide bonds. The second-order valence-electron chi connectivity index (χ2n) is 6.89. The van der Waals surface area contributed by atoms with Gasteiger partial charge in [-0.3, -0.25) is 4.79 Å². The predicted molar refractivity (Wildman–Crippen MR) is 101 cm³/mol. The summed E-state index contributed by atoms with van der Waals surface area (Å²) in [5.74, 6) is -0.119. The van der Waals surface area contributed by atoms with Gasteiger partial charge in [-0.05, 0) is 45.8 Å². The number of hydrogen-bond donors (Lipinski definition) is 0. The second-order valence-corrected chi connectivity index (χ2v) is 10.1. The van der Waals surface area contributed by atoms with E-state index < -0.39 is 20.1 Å². The van der Waals surface area contributed by atoms with E-state index >= 15 is 0 Å². The first-order chi connectivity index (χ1) is 10.6. The van der Waals surface area contributed by atoms with Crippen molar-refractivity contribution in [3.05, 3.63) is 47.5 Å². The number of ketones is 1. The zero-order valence-electron chi connectivity index (χ0n) is 13.9. The molecule has 3 atom stereocenters. The molecule has 0 bridgehead atoms. The summed E-state index contributed by atoms with van der Waals surface area (Å²) in [5, 5.41) is 0. The van der Waals surface area contributed by atoms with Gasteiger partial charge in [-0.25, -0.2) is 4.21 Å². The van der Waals surface area contributed by atoms with Gasteiger partial charge in [0.2, 0.25) is 0 Å². The first-order valence-electron chi connectivity index (χ1n) is 7.57. The first kappa shape index (κ1) is 18.3. The molecule has 0 aliphatic heterocycles. The normalized spacial score (nSPS) is 27.1. The molecule has 0 saturated carbocycles. The number of halogens is 1. The summed E-state index contributed by atoms with van der Waals surface area (Å²) in [5.41, 5.74) is 2.11. The summed E-state index contributed by atoms with van der Waals surface area (Å²) in [4.78, 5) is 12.7. The highest BCUT2D eigenvalue weighted by Crippen LogP contribution is 2.43. The Morgan fingerprint density at radius 3 is 2.48 bits per heavy atom. The summed E-state index contributed by atoms with van der Waals surface area (Å²) < 4.78 is 15.0. The fourth-order valence-corrected chi connectivity index (χ4v) is 3.87. The van der Waals surface area contributed by atoms with Crippen molar-refractivity contribution >= 4 is 38.9 Å². The average molecular weight is 396 g/mol. The molecule has 0 spiro atoms. The van der Waals surface area contributed by atoms with Crippen molar-refractivity contribution in [2.75, 3.05) is 0 Å². The van der Waals surface area contributed by atoms with Crippen molar-refractivity contribution in [1.29, 1.82) is 0 Å². The highest BCUT2D eigenvalue weighted by Gasteiger charge is 2.44. The van der Waals surface area contributed by atoms with E-state index in [0.717, 1.165) is 17.6 Å². The van der Waals surface area contributed by atoms with Crippen molar-refractivity contribution in [3.8, 4) is 0 Å². The third-order valence-corrected chi connectivity index (χ3v) is 6.34. The Morgan fingerprint density at radius 1 is 1.30 bits per heavy atom. The van der Waals surface area contributed by atoms with E-state index in [1.165, 1.54) is 6.21 Å². The molecule has 1 unspecified atom stereocenters. The molecule has 0 saturated heterocycles. The van der Waals surface area contributed by atoms with Crippen molar-refractivity contribution < 1.29 is 9.00 Å². The molecule has 1 aromatic carbocycles. The lowest BCUT2D eigenvalue weighted by atomic mass is 9.76. The van der Waals surface area contributed by atoms with Crippen LogP contribution in [-0.4, -0.2) is 25.3 Å². The predicted octanol–water partition coefficient (Wildman–Crippen LogP) is 4.36. The van der Waals surface area contributed by atoms with Crippen LogP contribution in [0.5, 0.6) is 0 Å². The van der Waals surface area contributed by atoms with Gasteiger partial charge in [-0.1, -0.05) is 51.8 Å². The number of hydrogen-bond acceptors (Lipinski definition) is 2. The summed E-state index contributed by atoms with van der Waals surface area (Å²) >= 11 is 3.61. The standard InChI is InChI=1S/C18H22BrNO2S/c1-13-10-15(14-8-6-5-7-9-14)18(19,16(21)11-13)12-20-23(22)17(2,3)4/h5-9,11-12,15H,10H2,1-4H3/b20-12+/t15-,18-,23?/m1/s1. The quantitative estimate of drug-likeness (QED) is 0.563. The second kappa shape index (κ2) is 6.81. The summed E-state index contributed by atoms with van der Waals surface area (Å²) in [6, 6.07) is 9.91. The molecule has 0 aromatic heterocycles. The Balaban J connectivity index is 2.44. The number of benzene rings is 1. The van der Waals surface area contributed by atoms with Crippen molar-refractivity contribution in [2.45, 2.75) is 49.1 Å². The topological polar surface area (TPSA) is 46.5 Å². The Morgan fingerprint density at radius 2 is 1.91 bits per heavy atom. The largest absolute Gasteiger partial charge is 0.293 e. The van der Waals surface area contributed by atoms with Crippen LogP contribution in [0.4, 0.5) is 0 Å². The van der Waals surface area contributed by atoms with Gasteiger partial charge in [0, 0.05) is 12.1 Å². The van der Waals surface area contributed by atoms with Crippen LogP contribution < -0.4 is 0 Å². The highest BCUT2D eigenvalue weighted by atomic mass is 79.9. The zero-order valence-corrected chi connectivity index (χ0v) is 16.3. The first-order valence-corrected chi connectivity index (χ1v) is 9.47. The molecule has 0 radical (unpaired) electrons. The molecule has 1 aromatic rings. The highest BCUT2D eigenvalue weighted by molar-refractivity contribution is 9.10. The van der Waals surface area contributed by atoms with E-state index in [2.05, 4.69) is 20.3 Å². The van der Waals surface area contributed by atoms with Gasteiger partial charge in [0.05, 0.1) is 4.75 Å². The van der Waals surface area contributed by atoms with Crippen molar-refractivity contribution in [3.63, 3.8) is 0 Å². The zero-order chi connectivity index (χ0) is 17.3. The summed E-state index contributed by atoms with van der Waals surface area (Å²) in [6.07, 6.45) is 3.95. The van der Waals surface area contributed by atoms with Crippen molar-refractivity contribution in [1.82, 2.24) is 0 Å². The lowest BCUT2D eigenvalue weighted by Crippen LogP contribution is -2.42. The van der Waals surface area contributed by atoms with Crippen LogP contribution >= 0.6 is 15.9 Å². The van der Waals surface area contributed by atoms with Gasteiger partial charge in [-0.15, -0.1) is 0 Å². The molecule has 23 heavy (non-hydrogen) atoms. The van der Waals surface area contributed by atoms with Crippen LogP contribution in [-0.2, 0) is 15.8 Å². The molecule has 0 N–H and O–H groups in total. The van der Waals surface area contributed by atoms with Gasteiger partial charge in [0.15, 0.2) is 5.78 Å².